The van der Waals surface area contributed by atoms with Gasteiger partial charge in [-0.1, -0.05) is 6.07 Å². The first-order chi connectivity index (χ1) is 18.5. The van der Waals surface area contributed by atoms with Gasteiger partial charge in [0.05, 0.1) is 32.3 Å². The van der Waals surface area contributed by atoms with Crippen molar-refractivity contribution in [3.05, 3.63) is 69.6 Å². The molecule has 0 saturated heterocycles. The van der Waals surface area contributed by atoms with Gasteiger partial charge in [-0.2, -0.15) is 10.3 Å². The number of hydrogen-bond acceptors (Lipinski definition) is 8. The second-order valence-corrected chi connectivity index (χ2v) is 8.11. The van der Waals surface area contributed by atoms with Gasteiger partial charge in [0.1, 0.15) is 17.4 Å². The Morgan fingerprint density at radius 3 is 2.47 bits per heavy atom. The summed E-state index contributed by atoms with van der Waals surface area (Å²) in [6.45, 7) is 3.19. The quantitative estimate of drug-likeness (QED) is 0.245. The summed E-state index contributed by atoms with van der Waals surface area (Å²) in [5.74, 6) is 0.263. The van der Waals surface area contributed by atoms with Crippen LogP contribution in [0.5, 0.6) is 17.2 Å². The molecule has 0 aliphatic rings. The van der Waals surface area contributed by atoms with Crippen LogP contribution in [0.3, 0.4) is 0 Å². The van der Waals surface area contributed by atoms with E-state index in [1.807, 2.05) is 6.92 Å². The Morgan fingerprint density at radius 1 is 1.11 bits per heavy atom. The van der Waals surface area contributed by atoms with Crippen LogP contribution in [0.1, 0.15) is 29.3 Å². The van der Waals surface area contributed by atoms with Crippen molar-refractivity contribution in [3.63, 3.8) is 0 Å². The molecule has 1 aromatic carbocycles. The summed E-state index contributed by atoms with van der Waals surface area (Å²) in [4.78, 5) is 35.7. The number of benzene rings is 1. The lowest BCUT2D eigenvalue weighted by atomic mass is 10.1. The highest BCUT2D eigenvalue weighted by atomic mass is 16.5. The van der Waals surface area contributed by atoms with Gasteiger partial charge < -0.3 is 23.5 Å². The van der Waals surface area contributed by atoms with Crippen LogP contribution in [0, 0.1) is 11.3 Å². The van der Waals surface area contributed by atoms with Gasteiger partial charge in [0.15, 0.2) is 17.0 Å². The Bertz CT molecular complexity index is 1660. The summed E-state index contributed by atoms with van der Waals surface area (Å²) in [6.07, 6.45) is 2.15. The summed E-state index contributed by atoms with van der Waals surface area (Å²) >= 11 is 0. The SMILES string of the molecule is CCOCCCn1c(=NC(=O)c2cc(OC)c(OC)c(OC)c2)c(C#N)cc2c(=O)n3ccccc3nc21. The summed E-state index contributed by atoms with van der Waals surface area (Å²) in [7, 11) is 4.35. The van der Waals surface area contributed by atoms with E-state index >= 15 is 0 Å². The van der Waals surface area contributed by atoms with Crippen LogP contribution in [0.4, 0.5) is 0 Å². The minimum absolute atomic E-state index is 0.0597. The summed E-state index contributed by atoms with van der Waals surface area (Å²) in [5, 5.41) is 10.2. The number of fused-ring (bicyclic) bond motifs is 2. The van der Waals surface area contributed by atoms with Crippen molar-refractivity contribution in [1.82, 2.24) is 14.0 Å². The van der Waals surface area contributed by atoms with Crippen molar-refractivity contribution in [2.75, 3.05) is 34.5 Å². The molecule has 0 aliphatic heterocycles. The third-order valence-electron chi connectivity index (χ3n) is 5.90. The number of ether oxygens (including phenoxy) is 4. The van der Waals surface area contributed by atoms with Crippen molar-refractivity contribution in [1.29, 1.82) is 5.26 Å². The Morgan fingerprint density at radius 2 is 1.84 bits per heavy atom. The van der Waals surface area contributed by atoms with Crippen LogP contribution in [-0.4, -0.2) is 54.4 Å². The molecule has 0 saturated carbocycles. The van der Waals surface area contributed by atoms with Crippen LogP contribution in [0.25, 0.3) is 16.7 Å². The van der Waals surface area contributed by atoms with Crippen molar-refractivity contribution in [2.45, 2.75) is 19.9 Å². The van der Waals surface area contributed by atoms with Crippen molar-refractivity contribution in [2.24, 2.45) is 4.99 Å². The van der Waals surface area contributed by atoms with Crippen LogP contribution in [-0.2, 0) is 11.3 Å². The largest absolute Gasteiger partial charge is 0.493 e. The highest BCUT2D eigenvalue weighted by Crippen LogP contribution is 2.38. The highest BCUT2D eigenvalue weighted by Gasteiger charge is 2.19. The van der Waals surface area contributed by atoms with E-state index < -0.39 is 5.91 Å². The summed E-state index contributed by atoms with van der Waals surface area (Å²) in [6, 6.07) is 11.7. The first-order valence-corrected chi connectivity index (χ1v) is 11.9. The van der Waals surface area contributed by atoms with Crippen LogP contribution >= 0.6 is 0 Å². The Balaban J connectivity index is 1.99. The van der Waals surface area contributed by atoms with E-state index in [0.29, 0.717) is 43.2 Å². The van der Waals surface area contributed by atoms with Gasteiger partial charge in [0.25, 0.3) is 11.5 Å². The Labute approximate surface area is 218 Å². The maximum absolute atomic E-state index is 13.4. The molecule has 4 aromatic rings. The normalized spacial score (nSPS) is 11.5. The molecular weight excluding hydrogens is 490 g/mol. The number of carbonyl (C=O) groups excluding carboxylic acids is 1. The number of aryl methyl sites for hydroxylation is 1. The molecule has 0 unspecified atom stereocenters. The molecule has 11 nitrogen and oxygen atoms in total. The second kappa shape index (κ2) is 11.6. The van der Waals surface area contributed by atoms with Crippen LogP contribution in [0.15, 0.2) is 52.4 Å². The fraction of sp³-hybridized carbons (Fsp3) is 0.296. The minimum Gasteiger partial charge on any atom is -0.493 e. The number of carbonyl (C=O) groups is 1. The van der Waals surface area contributed by atoms with Gasteiger partial charge in [-0.05, 0) is 43.7 Å². The van der Waals surface area contributed by atoms with E-state index in [4.69, 9.17) is 18.9 Å². The molecule has 3 heterocycles. The van der Waals surface area contributed by atoms with E-state index in [1.54, 1.807) is 29.0 Å². The van der Waals surface area contributed by atoms with Crippen molar-refractivity contribution in [3.8, 4) is 23.3 Å². The monoisotopic (exact) mass is 517 g/mol. The van der Waals surface area contributed by atoms with E-state index in [2.05, 4.69) is 16.0 Å². The van der Waals surface area contributed by atoms with Gasteiger partial charge in [-0.15, -0.1) is 0 Å². The highest BCUT2D eigenvalue weighted by molar-refractivity contribution is 5.96. The number of amides is 1. The molecule has 0 aliphatic carbocycles. The zero-order valence-corrected chi connectivity index (χ0v) is 21.6. The maximum Gasteiger partial charge on any atom is 0.279 e. The number of methoxy groups -OCH3 is 3. The Kier molecular flexibility index (Phi) is 8.03. The average Bonchev–Trinajstić information content (AvgIpc) is 2.95. The van der Waals surface area contributed by atoms with Crippen LogP contribution < -0.4 is 25.3 Å². The molecule has 4 rings (SSSR count). The molecule has 0 N–H and O–H groups in total. The topological polar surface area (TPSA) is 129 Å². The van der Waals surface area contributed by atoms with Gasteiger partial charge in [-0.25, -0.2) is 4.98 Å². The van der Waals surface area contributed by atoms with E-state index in [1.165, 1.54) is 43.9 Å². The fourth-order valence-electron chi connectivity index (χ4n) is 4.13. The van der Waals surface area contributed by atoms with Gasteiger partial charge >= 0.3 is 0 Å². The van der Waals surface area contributed by atoms with Gasteiger partial charge in [-0.3, -0.25) is 14.0 Å². The third kappa shape index (κ3) is 4.94. The van der Waals surface area contributed by atoms with Gasteiger partial charge in [0.2, 0.25) is 5.75 Å². The third-order valence-corrected chi connectivity index (χ3v) is 5.90. The number of nitriles is 1. The number of pyridine rings is 2. The standard InChI is InChI=1S/C27H27N5O6/c1-5-38-12-8-11-32-24(30-26(33)17-14-20(35-2)23(37-4)21(15-17)36-3)18(16-28)13-19-25(32)29-22-9-6-7-10-31(22)27(19)34/h6-7,9-10,13-15H,5,8,11-12H2,1-4H3. The molecule has 0 spiro atoms. The number of hydrogen-bond donors (Lipinski definition) is 0. The maximum atomic E-state index is 13.4. The molecule has 3 aromatic heterocycles. The number of nitrogens with zero attached hydrogens (tertiary/aromatic N) is 5. The molecule has 38 heavy (non-hydrogen) atoms. The predicted molar refractivity (Wildman–Crippen MR) is 139 cm³/mol. The van der Waals surface area contributed by atoms with Crippen molar-refractivity contribution < 1.29 is 23.7 Å². The first-order valence-electron chi connectivity index (χ1n) is 11.9. The zero-order valence-electron chi connectivity index (χ0n) is 21.6. The molecule has 11 heteroatoms. The number of rotatable bonds is 9. The molecule has 1 amide bonds. The summed E-state index contributed by atoms with van der Waals surface area (Å²) < 4.78 is 24.6. The lowest BCUT2D eigenvalue weighted by molar-refractivity contribution is 0.0996. The average molecular weight is 518 g/mol. The molecule has 0 radical (unpaired) electrons. The molecule has 0 atom stereocenters. The lowest BCUT2D eigenvalue weighted by Crippen LogP contribution is -2.30. The molecule has 196 valence electrons. The van der Waals surface area contributed by atoms with Gasteiger partial charge in [0, 0.05) is 31.5 Å². The summed E-state index contributed by atoms with van der Waals surface area (Å²) in [5.41, 5.74) is 0.717. The fourth-order valence-corrected chi connectivity index (χ4v) is 4.13. The molecule has 0 fully saturated rings. The Hall–Kier alpha value is -4.69. The molecule has 0 bridgehead atoms. The van der Waals surface area contributed by atoms with E-state index in [9.17, 15) is 14.9 Å². The van der Waals surface area contributed by atoms with E-state index in [0.717, 1.165) is 0 Å². The number of aromatic nitrogens is 3. The van der Waals surface area contributed by atoms with E-state index in [-0.39, 0.29) is 39.1 Å². The zero-order chi connectivity index (χ0) is 27.2. The predicted octanol–water partition coefficient (Wildman–Crippen LogP) is 2.71. The first kappa shape index (κ1) is 26.4. The lowest BCUT2D eigenvalue weighted by Gasteiger charge is -2.14. The minimum atomic E-state index is -0.642. The molecular formula is C27H27N5O6. The second-order valence-electron chi connectivity index (χ2n) is 8.11. The smallest absolute Gasteiger partial charge is 0.279 e. The van der Waals surface area contributed by atoms with Crippen LogP contribution in [0.2, 0.25) is 0 Å². The van der Waals surface area contributed by atoms with Crippen molar-refractivity contribution >= 4 is 22.6 Å².